The molecule has 6 aromatic carbocycles. The van der Waals surface area contributed by atoms with Crippen molar-refractivity contribution in [3.05, 3.63) is 215 Å². The van der Waals surface area contributed by atoms with Crippen LogP contribution >= 0.6 is 0 Å². The van der Waals surface area contributed by atoms with E-state index in [2.05, 4.69) is 0 Å². The maximum absolute atomic E-state index is 15.0. The summed E-state index contributed by atoms with van der Waals surface area (Å²) < 4.78 is 75.7. The lowest BCUT2D eigenvalue weighted by Gasteiger charge is -2.48. The Bertz CT molecular complexity index is 3180. The normalized spacial score (nSPS) is 22.7. The van der Waals surface area contributed by atoms with Crippen LogP contribution < -0.4 is 0 Å². The van der Waals surface area contributed by atoms with Crippen molar-refractivity contribution < 1.29 is 90.1 Å². The fourth-order valence-electron chi connectivity index (χ4n) is 9.05. The molecule has 8 rings (SSSR count). The standard InChI is InChI=1S/C64H66O19Si/c1-63(2,3)84(6,7)75-40-49(77-56(66)42-28-16-9-17-29-42)52-50(79-57(67)43-30-18-10-19-31-43)47(76-55(65)41-26-14-8-15-27-41)38-64(83-52,62(71)73-5)74-39-48-51(80-58(68)44-32-20-11-21-33-44)53(81-59(69)45-34-22-12-23-35-45)54(61(72-4)78-48)82-60(70)46-36-24-13-25-37-46/h8-37,47-54,61H,38-40H2,1-7H3/t47-,48-,49?,50-,51-,52-,53+,54-,61+,64?/m1/s1. The Balaban J connectivity index is 1.27. The fraction of sp³-hybridized carbons (Fsp3) is 0.328. The van der Waals surface area contributed by atoms with E-state index < -0.39 is 136 Å². The van der Waals surface area contributed by atoms with Crippen molar-refractivity contribution in [3.63, 3.8) is 0 Å². The molecule has 2 aliphatic rings. The molecule has 0 aromatic heterocycles. The molecule has 0 bridgehead atoms. The molecule has 0 amide bonds. The lowest BCUT2D eigenvalue weighted by molar-refractivity contribution is -0.342. The number of methoxy groups -OCH3 is 2. The van der Waals surface area contributed by atoms with Crippen LogP contribution in [-0.4, -0.2) is 138 Å². The van der Waals surface area contributed by atoms with Crippen LogP contribution in [0.2, 0.25) is 18.1 Å². The van der Waals surface area contributed by atoms with E-state index in [1.165, 1.54) is 79.9 Å². The van der Waals surface area contributed by atoms with Crippen LogP contribution in [-0.2, 0) is 61.3 Å². The molecule has 20 heteroatoms. The third-order valence-electron chi connectivity index (χ3n) is 14.6. The molecule has 10 atom stereocenters. The van der Waals surface area contributed by atoms with Gasteiger partial charge in [-0.25, -0.2) is 33.6 Å². The van der Waals surface area contributed by atoms with E-state index in [1.807, 2.05) is 33.9 Å². The molecule has 2 fully saturated rings. The van der Waals surface area contributed by atoms with Crippen molar-refractivity contribution in [1.29, 1.82) is 0 Å². The van der Waals surface area contributed by atoms with Crippen LogP contribution in [0.3, 0.4) is 0 Å². The van der Waals surface area contributed by atoms with Crippen molar-refractivity contribution in [2.75, 3.05) is 27.4 Å². The van der Waals surface area contributed by atoms with Gasteiger partial charge >= 0.3 is 41.8 Å². The van der Waals surface area contributed by atoms with Gasteiger partial charge in [0.05, 0.1) is 60.1 Å². The van der Waals surface area contributed by atoms with Gasteiger partial charge in [-0.15, -0.1) is 0 Å². The summed E-state index contributed by atoms with van der Waals surface area (Å²) in [5.41, 5.74) is 0.475. The van der Waals surface area contributed by atoms with E-state index in [-0.39, 0.29) is 33.4 Å². The molecule has 0 radical (unpaired) electrons. The van der Waals surface area contributed by atoms with Gasteiger partial charge in [0.25, 0.3) is 5.79 Å². The van der Waals surface area contributed by atoms with Crippen molar-refractivity contribution in [2.24, 2.45) is 0 Å². The summed E-state index contributed by atoms with van der Waals surface area (Å²) in [7, 11) is -0.518. The molecular formula is C64H66O19Si. The first-order valence-corrected chi connectivity index (χ1v) is 30.0. The van der Waals surface area contributed by atoms with Crippen molar-refractivity contribution in [1.82, 2.24) is 0 Å². The van der Waals surface area contributed by atoms with Crippen molar-refractivity contribution >= 4 is 50.1 Å². The van der Waals surface area contributed by atoms with Gasteiger partial charge in [0, 0.05) is 7.11 Å². The molecule has 0 aliphatic carbocycles. The summed E-state index contributed by atoms with van der Waals surface area (Å²) >= 11 is 0. The number of hydrogen-bond acceptors (Lipinski definition) is 19. The van der Waals surface area contributed by atoms with Crippen LogP contribution in [0, 0.1) is 0 Å². The molecule has 19 nitrogen and oxygen atoms in total. The molecule has 6 aromatic rings. The summed E-state index contributed by atoms with van der Waals surface area (Å²) in [6.07, 6.45) is -16.1. The van der Waals surface area contributed by atoms with E-state index in [0.717, 1.165) is 7.11 Å². The third kappa shape index (κ3) is 15.1. The lowest BCUT2D eigenvalue weighted by Crippen LogP contribution is -2.67. The Kier molecular flexibility index (Phi) is 20.4. The minimum Gasteiger partial charge on any atom is -0.465 e. The highest BCUT2D eigenvalue weighted by molar-refractivity contribution is 6.74. The molecule has 84 heavy (non-hydrogen) atoms. The molecule has 0 saturated carbocycles. The average Bonchev–Trinajstić information content (AvgIpc) is 3.55. The maximum Gasteiger partial charge on any atom is 0.366 e. The molecule has 2 aliphatic heterocycles. The SMILES string of the molecule is COC(=O)C1(OC[C@H]2O[C@H](OC)[C@H](OC(=O)c3ccccc3)[C@@H](OC(=O)c3ccccc3)[C@@H]2OC(=O)c2ccccc2)C[C@@H](OC(=O)c2ccccc2)[C@@H](OC(=O)c2ccccc2)[C@@H](C(CO[Si](C)(C)C(C)(C)C)OC(=O)c2ccccc2)O1. The third-order valence-corrected chi connectivity index (χ3v) is 19.1. The fourth-order valence-corrected chi connectivity index (χ4v) is 10.1. The quantitative estimate of drug-likeness (QED) is 0.0371. The van der Waals surface area contributed by atoms with Crippen LogP contribution in [0.15, 0.2) is 182 Å². The number of benzene rings is 6. The van der Waals surface area contributed by atoms with E-state index >= 15 is 0 Å². The summed E-state index contributed by atoms with van der Waals surface area (Å²) in [5.74, 6) is -9.47. The van der Waals surface area contributed by atoms with Crippen molar-refractivity contribution in [2.45, 2.75) is 106 Å². The number of carbonyl (C=O) groups excluding carboxylic acids is 7. The van der Waals surface area contributed by atoms with E-state index in [1.54, 1.807) is 109 Å². The summed E-state index contributed by atoms with van der Waals surface area (Å²) in [6, 6.07) is 47.4. The number of rotatable bonds is 21. The maximum atomic E-state index is 15.0. The summed E-state index contributed by atoms with van der Waals surface area (Å²) in [6.45, 7) is 8.63. The second-order valence-corrected chi connectivity index (χ2v) is 26.1. The molecule has 0 spiro atoms. The van der Waals surface area contributed by atoms with Gasteiger partial charge < -0.3 is 56.5 Å². The van der Waals surface area contributed by atoms with Gasteiger partial charge in [0.15, 0.2) is 45.1 Å². The molecule has 440 valence electrons. The first kappa shape index (κ1) is 61.7. The smallest absolute Gasteiger partial charge is 0.366 e. The van der Waals surface area contributed by atoms with Crippen LogP contribution in [0.5, 0.6) is 0 Å². The zero-order valence-corrected chi connectivity index (χ0v) is 48.4. The predicted octanol–water partition coefficient (Wildman–Crippen LogP) is 9.41. The zero-order chi connectivity index (χ0) is 60.0. The van der Waals surface area contributed by atoms with E-state index in [4.69, 9.17) is 56.5 Å². The van der Waals surface area contributed by atoms with Gasteiger partial charge in [-0.05, 0) is 90.9 Å². The van der Waals surface area contributed by atoms with Gasteiger partial charge in [-0.1, -0.05) is 130 Å². The van der Waals surface area contributed by atoms with Crippen LogP contribution in [0.1, 0.15) is 89.3 Å². The summed E-state index contributed by atoms with van der Waals surface area (Å²) in [4.78, 5) is 101. The highest BCUT2D eigenvalue weighted by atomic mass is 28.4. The number of carbonyl (C=O) groups is 7. The Morgan fingerprint density at radius 2 is 0.881 bits per heavy atom. The zero-order valence-electron chi connectivity index (χ0n) is 47.4. The van der Waals surface area contributed by atoms with Crippen LogP contribution in [0.25, 0.3) is 0 Å². The molecule has 2 unspecified atom stereocenters. The van der Waals surface area contributed by atoms with Gasteiger partial charge in [0.2, 0.25) is 0 Å². The Labute approximate surface area is 487 Å². The first-order chi connectivity index (χ1) is 40.3. The predicted molar refractivity (Wildman–Crippen MR) is 303 cm³/mol. The number of esters is 7. The molecule has 2 saturated heterocycles. The average molecular weight is 1170 g/mol. The lowest BCUT2D eigenvalue weighted by atomic mass is 9.91. The minimum atomic E-state index is -2.79. The largest absolute Gasteiger partial charge is 0.465 e. The Hall–Kier alpha value is -8.37. The monoisotopic (exact) mass is 1170 g/mol. The Morgan fingerprint density at radius 1 is 0.512 bits per heavy atom. The number of hydrogen-bond donors (Lipinski definition) is 0. The number of ether oxygens (including phenoxy) is 11. The molecule has 2 heterocycles. The second-order valence-electron chi connectivity index (χ2n) is 21.3. The molecular weight excluding hydrogens is 1100 g/mol. The molecule has 0 N–H and O–H groups in total. The van der Waals surface area contributed by atoms with Crippen LogP contribution in [0.4, 0.5) is 0 Å². The van der Waals surface area contributed by atoms with E-state index in [0.29, 0.717) is 0 Å². The highest BCUT2D eigenvalue weighted by Gasteiger charge is 2.61. The van der Waals surface area contributed by atoms with Gasteiger partial charge in [0.1, 0.15) is 18.3 Å². The van der Waals surface area contributed by atoms with Gasteiger partial charge in [-0.2, -0.15) is 0 Å². The topological polar surface area (TPSA) is 230 Å². The van der Waals surface area contributed by atoms with E-state index in [9.17, 15) is 33.6 Å². The van der Waals surface area contributed by atoms with Gasteiger partial charge in [-0.3, -0.25) is 0 Å². The summed E-state index contributed by atoms with van der Waals surface area (Å²) in [5, 5.41) is -0.410. The second kappa shape index (κ2) is 27.8. The highest BCUT2D eigenvalue weighted by Crippen LogP contribution is 2.42. The van der Waals surface area contributed by atoms with Crippen molar-refractivity contribution in [3.8, 4) is 0 Å². The first-order valence-electron chi connectivity index (χ1n) is 27.1. The minimum absolute atomic E-state index is 0.0525. The Morgan fingerprint density at radius 3 is 1.27 bits per heavy atom.